The van der Waals surface area contributed by atoms with Gasteiger partial charge in [0.2, 0.25) is 11.8 Å². The Balaban J connectivity index is 1.46. The Morgan fingerprint density at radius 3 is 2.42 bits per heavy atom. The Kier molecular flexibility index (Phi) is 8.27. The maximum Gasteiger partial charge on any atom is 0.299 e. The van der Waals surface area contributed by atoms with Gasteiger partial charge in [0.05, 0.1) is 43.4 Å². The Morgan fingerprint density at radius 2 is 1.70 bits per heavy atom. The van der Waals surface area contributed by atoms with Gasteiger partial charge in [-0.05, 0) is 38.1 Å². The van der Waals surface area contributed by atoms with Crippen molar-refractivity contribution in [3.63, 3.8) is 0 Å². The summed E-state index contributed by atoms with van der Waals surface area (Å²) in [7, 11) is 3.00. The van der Waals surface area contributed by atoms with Crippen LogP contribution in [0.25, 0.3) is 11.3 Å². The minimum absolute atomic E-state index is 0.00583. The van der Waals surface area contributed by atoms with Crippen molar-refractivity contribution in [2.45, 2.75) is 25.9 Å². The van der Waals surface area contributed by atoms with Crippen LogP contribution in [0.1, 0.15) is 29.2 Å². The Hall–Kier alpha value is -5.03. The zero-order valence-corrected chi connectivity index (χ0v) is 24.9. The van der Waals surface area contributed by atoms with E-state index in [1.165, 1.54) is 30.5 Å². The van der Waals surface area contributed by atoms with Crippen LogP contribution >= 0.6 is 11.3 Å². The van der Waals surface area contributed by atoms with Gasteiger partial charge < -0.3 is 19.7 Å². The maximum atomic E-state index is 14.0. The van der Waals surface area contributed by atoms with E-state index in [9.17, 15) is 19.2 Å². The molecule has 0 spiro atoms. The number of thiazole rings is 1. The molecule has 4 aromatic rings. The smallest absolute Gasteiger partial charge is 0.299 e. The van der Waals surface area contributed by atoms with Crippen molar-refractivity contribution < 1.29 is 28.7 Å². The molecule has 1 aliphatic heterocycles. The topological polar surface area (TPSA) is 118 Å². The van der Waals surface area contributed by atoms with Crippen molar-refractivity contribution in [3.8, 4) is 22.8 Å². The number of hydrogen-bond acceptors (Lipinski definition) is 8. The SMILES string of the molecule is COc1ccc(NC(=O)C(C)(C)N(Cc2nc(-c3ccccc3)cs2)C(=O)CN2C(=O)C(=O)c3ccccc32)c(OC)c1. The largest absolute Gasteiger partial charge is 0.497 e. The van der Waals surface area contributed by atoms with E-state index < -0.39 is 35.6 Å². The minimum Gasteiger partial charge on any atom is -0.497 e. The number of ketones is 1. The van der Waals surface area contributed by atoms with Gasteiger partial charge in [-0.1, -0.05) is 42.5 Å². The predicted octanol–water partition coefficient (Wildman–Crippen LogP) is 4.80. The highest BCUT2D eigenvalue weighted by atomic mass is 32.1. The molecular formula is C32H30N4O6S. The van der Waals surface area contributed by atoms with E-state index in [1.54, 1.807) is 56.3 Å². The second-order valence-corrected chi connectivity index (χ2v) is 11.2. The summed E-state index contributed by atoms with van der Waals surface area (Å²) >= 11 is 1.36. The lowest BCUT2D eigenvalue weighted by Crippen LogP contribution is -2.57. The second kappa shape index (κ2) is 12.1. The number of rotatable bonds is 10. The first-order valence-electron chi connectivity index (χ1n) is 13.4. The number of Topliss-reactive ketones (excluding diaryl/α,β-unsaturated/α-hetero) is 1. The fraction of sp³-hybridized carbons (Fsp3) is 0.219. The predicted molar refractivity (Wildman–Crippen MR) is 163 cm³/mol. The first-order chi connectivity index (χ1) is 20.6. The molecule has 3 aromatic carbocycles. The molecule has 220 valence electrons. The van der Waals surface area contributed by atoms with Crippen molar-refractivity contribution in [2.75, 3.05) is 31.0 Å². The molecule has 1 aliphatic rings. The Bertz CT molecular complexity index is 1700. The number of carbonyl (C=O) groups excluding carboxylic acids is 4. The molecule has 0 saturated heterocycles. The average Bonchev–Trinajstić information content (AvgIpc) is 3.59. The van der Waals surface area contributed by atoms with Gasteiger partial charge >= 0.3 is 0 Å². The molecule has 2 heterocycles. The fourth-order valence-electron chi connectivity index (χ4n) is 4.78. The van der Waals surface area contributed by atoms with Gasteiger partial charge in [0.15, 0.2) is 0 Å². The number of methoxy groups -OCH3 is 2. The Morgan fingerprint density at radius 1 is 0.977 bits per heavy atom. The second-order valence-electron chi connectivity index (χ2n) is 10.3. The monoisotopic (exact) mass is 598 g/mol. The van der Waals surface area contributed by atoms with Crippen LogP contribution in [-0.2, 0) is 20.9 Å². The summed E-state index contributed by atoms with van der Waals surface area (Å²) in [4.78, 5) is 60.6. The van der Waals surface area contributed by atoms with Crippen LogP contribution in [0.15, 0.2) is 78.2 Å². The molecule has 43 heavy (non-hydrogen) atoms. The summed E-state index contributed by atoms with van der Waals surface area (Å²) in [6.07, 6.45) is 0. The molecule has 1 aromatic heterocycles. The number of nitrogens with zero attached hydrogens (tertiary/aromatic N) is 3. The third-order valence-corrected chi connectivity index (χ3v) is 8.11. The number of anilines is 2. The van der Waals surface area contributed by atoms with Crippen LogP contribution in [-0.4, -0.2) is 59.7 Å². The number of fused-ring (bicyclic) bond motifs is 1. The molecule has 0 unspecified atom stereocenters. The molecule has 3 amide bonds. The van der Waals surface area contributed by atoms with Crippen molar-refractivity contribution >= 4 is 46.2 Å². The first kappa shape index (κ1) is 29.5. The molecule has 0 fully saturated rings. The van der Waals surface area contributed by atoms with Crippen molar-refractivity contribution in [2.24, 2.45) is 0 Å². The van der Waals surface area contributed by atoms with E-state index in [0.29, 0.717) is 27.9 Å². The molecule has 0 radical (unpaired) electrons. The van der Waals surface area contributed by atoms with Crippen LogP contribution in [0.4, 0.5) is 11.4 Å². The van der Waals surface area contributed by atoms with Gasteiger partial charge in [-0.3, -0.25) is 24.1 Å². The molecule has 11 heteroatoms. The third-order valence-electron chi connectivity index (χ3n) is 7.28. The average molecular weight is 599 g/mol. The number of benzene rings is 3. The summed E-state index contributed by atoms with van der Waals surface area (Å²) < 4.78 is 10.7. The Labute approximate surface area is 252 Å². The highest BCUT2D eigenvalue weighted by molar-refractivity contribution is 7.09. The van der Waals surface area contributed by atoms with Crippen molar-refractivity contribution in [3.05, 3.63) is 88.7 Å². The highest BCUT2D eigenvalue weighted by Gasteiger charge is 2.42. The van der Waals surface area contributed by atoms with Gasteiger partial charge in [-0.2, -0.15) is 0 Å². The molecule has 10 nitrogen and oxygen atoms in total. The first-order valence-corrected chi connectivity index (χ1v) is 14.3. The molecule has 0 aliphatic carbocycles. The number of ether oxygens (including phenoxy) is 2. The zero-order chi connectivity index (χ0) is 30.7. The normalized spacial score (nSPS) is 12.6. The quantitative estimate of drug-likeness (QED) is 0.261. The fourth-order valence-corrected chi connectivity index (χ4v) is 5.57. The number of para-hydroxylation sites is 1. The van der Waals surface area contributed by atoms with E-state index in [1.807, 2.05) is 35.7 Å². The zero-order valence-electron chi connectivity index (χ0n) is 24.1. The van der Waals surface area contributed by atoms with Crippen LogP contribution < -0.4 is 19.7 Å². The minimum atomic E-state index is -1.42. The summed E-state index contributed by atoms with van der Waals surface area (Å²) in [5.41, 5.74) is 1.23. The molecule has 0 saturated carbocycles. The van der Waals surface area contributed by atoms with E-state index in [2.05, 4.69) is 5.32 Å². The van der Waals surface area contributed by atoms with Crippen LogP contribution in [0.3, 0.4) is 0 Å². The van der Waals surface area contributed by atoms with Gasteiger partial charge in [0, 0.05) is 17.0 Å². The molecule has 0 atom stereocenters. The number of hydrogen-bond donors (Lipinski definition) is 1. The van der Waals surface area contributed by atoms with Gasteiger partial charge in [-0.25, -0.2) is 4.98 Å². The van der Waals surface area contributed by atoms with Crippen LogP contribution in [0.5, 0.6) is 11.5 Å². The molecular weight excluding hydrogens is 568 g/mol. The lowest BCUT2D eigenvalue weighted by molar-refractivity contribution is -0.143. The summed E-state index contributed by atoms with van der Waals surface area (Å²) in [5, 5.41) is 5.35. The van der Waals surface area contributed by atoms with Gasteiger partial charge in [-0.15, -0.1) is 11.3 Å². The van der Waals surface area contributed by atoms with E-state index >= 15 is 0 Å². The maximum absolute atomic E-state index is 14.0. The molecule has 1 N–H and O–H groups in total. The third kappa shape index (κ3) is 5.84. The number of carbonyl (C=O) groups is 4. The standard InChI is InChI=1S/C32H30N4O6S/c1-32(2,31(40)34-23-15-14-21(41-3)16-26(23)42-4)36(17-27-33-24(19-43-27)20-10-6-5-7-11-20)28(37)18-35-25-13-9-8-12-22(25)29(38)30(35)39/h5-16,19H,17-18H2,1-4H3,(H,34,40). The highest BCUT2D eigenvalue weighted by Crippen LogP contribution is 2.33. The van der Waals surface area contributed by atoms with Crippen LogP contribution in [0.2, 0.25) is 0 Å². The number of aromatic nitrogens is 1. The van der Waals surface area contributed by atoms with Gasteiger partial charge in [0.25, 0.3) is 11.7 Å². The van der Waals surface area contributed by atoms with E-state index in [-0.39, 0.29) is 12.1 Å². The number of amides is 3. The van der Waals surface area contributed by atoms with Crippen molar-refractivity contribution in [1.82, 2.24) is 9.88 Å². The van der Waals surface area contributed by atoms with E-state index in [4.69, 9.17) is 14.5 Å². The lowest BCUT2D eigenvalue weighted by Gasteiger charge is -2.37. The molecule has 5 rings (SSSR count). The van der Waals surface area contributed by atoms with Crippen molar-refractivity contribution in [1.29, 1.82) is 0 Å². The number of nitrogens with one attached hydrogen (secondary N) is 1. The summed E-state index contributed by atoms with van der Waals surface area (Å²) in [6.45, 7) is 2.80. The van der Waals surface area contributed by atoms with E-state index in [0.717, 1.165) is 16.2 Å². The van der Waals surface area contributed by atoms with Gasteiger partial charge in [0.1, 0.15) is 28.6 Å². The summed E-state index contributed by atoms with van der Waals surface area (Å²) in [5.74, 6) is -1.56. The van der Waals surface area contributed by atoms with Crippen LogP contribution in [0, 0.1) is 0 Å². The lowest BCUT2D eigenvalue weighted by atomic mass is 10.0. The molecule has 0 bridgehead atoms. The summed E-state index contributed by atoms with van der Waals surface area (Å²) in [6, 6.07) is 21.1.